The smallest absolute Gasteiger partial charge is 0.319 e. The lowest BCUT2D eigenvalue weighted by atomic mass is 10.1. The van der Waals surface area contributed by atoms with E-state index in [4.69, 9.17) is 9.15 Å². The van der Waals surface area contributed by atoms with Crippen molar-refractivity contribution in [3.05, 3.63) is 29.8 Å². The van der Waals surface area contributed by atoms with Crippen molar-refractivity contribution < 1.29 is 13.9 Å². The van der Waals surface area contributed by atoms with Gasteiger partial charge < -0.3 is 9.15 Å². The van der Waals surface area contributed by atoms with Gasteiger partial charge in [0.1, 0.15) is 5.25 Å². The summed E-state index contributed by atoms with van der Waals surface area (Å²) in [4.78, 5) is 11.4. The fourth-order valence-corrected chi connectivity index (χ4v) is 2.61. The fraction of sp³-hybridized carbons (Fsp3) is 0.308. The molecule has 1 aromatic carbocycles. The zero-order valence-electron chi connectivity index (χ0n) is 10.3. The van der Waals surface area contributed by atoms with Crippen molar-refractivity contribution in [3.8, 4) is 11.5 Å². The predicted octanol–water partition coefficient (Wildman–Crippen LogP) is 2.45. The van der Waals surface area contributed by atoms with Crippen molar-refractivity contribution in [1.29, 1.82) is 0 Å². The van der Waals surface area contributed by atoms with Crippen molar-refractivity contribution in [2.45, 2.75) is 23.8 Å². The molecule has 19 heavy (non-hydrogen) atoms. The highest BCUT2D eigenvalue weighted by atomic mass is 32.2. The number of hydrogen-bond donors (Lipinski definition) is 0. The Bertz CT molecular complexity index is 594. The average molecular weight is 276 g/mol. The Morgan fingerprint density at radius 3 is 2.74 bits per heavy atom. The molecule has 1 saturated heterocycles. The van der Waals surface area contributed by atoms with Crippen LogP contribution in [-0.4, -0.2) is 28.0 Å². The topological polar surface area (TPSA) is 65.2 Å². The molecule has 2 heterocycles. The Hall–Kier alpha value is -1.82. The number of carbonyl (C=O) groups is 1. The quantitative estimate of drug-likeness (QED) is 0.802. The molecule has 98 valence electrons. The zero-order valence-corrected chi connectivity index (χ0v) is 11.1. The minimum Gasteiger partial charge on any atom is -0.465 e. The van der Waals surface area contributed by atoms with Gasteiger partial charge in [0.2, 0.25) is 5.89 Å². The van der Waals surface area contributed by atoms with Gasteiger partial charge in [0.25, 0.3) is 5.22 Å². The summed E-state index contributed by atoms with van der Waals surface area (Å²) in [6, 6.07) is 7.84. The maximum atomic E-state index is 11.4. The number of benzene rings is 1. The molecule has 1 fully saturated rings. The van der Waals surface area contributed by atoms with Gasteiger partial charge in [-0.2, -0.15) is 0 Å². The highest BCUT2D eigenvalue weighted by Gasteiger charge is 2.29. The summed E-state index contributed by atoms with van der Waals surface area (Å²) in [5.41, 5.74) is 2.05. The van der Waals surface area contributed by atoms with E-state index in [0.717, 1.165) is 5.56 Å². The lowest BCUT2D eigenvalue weighted by molar-refractivity contribution is -0.137. The minimum absolute atomic E-state index is 0.208. The maximum Gasteiger partial charge on any atom is 0.319 e. The molecule has 0 saturated carbocycles. The first kappa shape index (κ1) is 12.2. The summed E-state index contributed by atoms with van der Waals surface area (Å²) in [5.74, 6) is 0.258. The van der Waals surface area contributed by atoms with E-state index >= 15 is 0 Å². The van der Waals surface area contributed by atoms with Crippen LogP contribution < -0.4 is 0 Å². The number of carbonyl (C=O) groups excluding carboxylic acids is 1. The third-order valence-corrected chi connectivity index (χ3v) is 3.91. The zero-order chi connectivity index (χ0) is 13.2. The van der Waals surface area contributed by atoms with Gasteiger partial charge in [0.15, 0.2) is 0 Å². The first-order valence-electron chi connectivity index (χ1n) is 5.96. The number of ether oxygens (including phenoxy) is 1. The summed E-state index contributed by atoms with van der Waals surface area (Å²) in [6.45, 7) is 2.49. The van der Waals surface area contributed by atoms with E-state index in [1.807, 2.05) is 31.2 Å². The Morgan fingerprint density at radius 1 is 1.26 bits per heavy atom. The number of aromatic nitrogens is 2. The van der Waals surface area contributed by atoms with E-state index in [2.05, 4.69) is 10.2 Å². The van der Waals surface area contributed by atoms with Gasteiger partial charge in [-0.3, -0.25) is 4.79 Å². The normalized spacial score (nSPS) is 18.6. The number of hydrogen-bond acceptors (Lipinski definition) is 6. The number of esters is 1. The molecule has 0 N–H and O–H groups in total. The van der Waals surface area contributed by atoms with Crippen LogP contribution in [0.3, 0.4) is 0 Å². The number of nitrogens with zero attached hydrogens (tertiary/aromatic N) is 2. The minimum atomic E-state index is -0.230. The van der Waals surface area contributed by atoms with Crippen LogP contribution in [0.15, 0.2) is 33.9 Å². The Balaban J connectivity index is 1.75. The third-order valence-electron chi connectivity index (χ3n) is 2.84. The average Bonchev–Trinajstić information content (AvgIpc) is 3.01. The molecule has 1 aliphatic heterocycles. The van der Waals surface area contributed by atoms with Gasteiger partial charge in [-0.1, -0.05) is 17.7 Å². The van der Waals surface area contributed by atoms with Crippen molar-refractivity contribution in [2.24, 2.45) is 0 Å². The fourth-order valence-electron chi connectivity index (χ4n) is 1.78. The van der Waals surface area contributed by atoms with E-state index < -0.39 is 0 Å². The van der Waals surface area contributed by atoms with Crippen molar-refractivity contribution in [3.63, 3.8) is 0 Å². The van der Waals surface area contributed by atoms with Gasteiger partial charge in [-0.15, -0.1) is 10.2 Å². The summed E-state index contributed by atoms with van der Waals surface area (Å²) >= 11 is 1.26. The highest BCUT2D eigenvalue weighted by Crippen LogP contribution is 2.30. The molecule has 5 nitrogen and oxygen atoms in total. The van der Waals surface area contributed by atoms with E-state index in [9.17, 15) is 4.79 Å². The second-order valence-corrected chi connectivity index (χ2v) is 5.46. The molecule has 1 aliphatic rings. The molecular formula is C13H12N2O3S. The predicted molar refractivity (Wildman–Crippen MR) is 69.7 cm³/mol. The van der Waals surface area contributed by atoms with Gasteiger partial charge in [0.05, 0.1) is 6.61 Å². The summed E-state index contributed by atoms with van der Waals surface area (Å²) in [5, 5.41) is 8.12. The van der Waals surface area contributed by atoms with E-state index in [1.54, 1.807) is 0 Å². The molecule has 0 aliphatic carbocycles. The van der Waals surface area contributed by atoms with Crippen LogP contribution in [0.5, 0.6) is 0 Å². The molecule has 0 amide bonds. The molecular weight excluding hydrogens is 264 g/mol. The van der Waals surface area contributed by atoms with Crippen molar-refractivity contribution in [2.75, 3.05) is 6.61 Å². The summed E-state index contributed by atoms with van der Waals surface area (Å²) in [7, 11) is 0. The molecule has 1 atom stereocenters. The largest absolute Gasteiger partial charge is 0.465 e. The standard InChI is InChI=1S/C13H12N2O3S/c1-8-2-4-9(5-3-8)11-14-15-13(18-11)19-10-6-7-17-12(10)16/h2-5,10H,6-7H2,1H3. The Morgan fingerprint density at radius 2 is 2.05 bits per heavy atom. The monoisotopic (exact) mass is 276 g/mol. The highest BCUT2D eigenvalue weighted by molar-refractivity contribution is 8.00. The van der Waals surface area contributed by atoms with Crippen molar-refractivity contribution in [1.82, 2.24) is 10.2 Å². The SMILES string of the molecule is Cc1ccc(-c2nnc(SC3CCOC3=O)o2)cc1. The first-order chi connectivity index (χ1) is 9.22. The second kappa shape index (κ2) is 5.05. The molecule has 3 rings (SSSR count). The van der Waals surface area contributed by atoms with Crippen LogP contribution >= 0.6 is 11.8 Å². The van der Waals surface area contributed by atoms with Gasteiger partial charge >= 0.3 is 5.97 Å². The van der Waals surface area contributed by atoms with Gasteiger partial charge in [0, 0.05) is 12.0 Å². The molecule has 0 radical (unpaired) electrons. The molecule has 1 aromatic heterocycles. The lowest BCUT2D eigenvalue weighted by Gasteiger charge is -1.99. The molecule has 1 unspecified atom stereocenters. The van der Waals surface area contributed by atoms with E-state index in [1.165, 1.54) is 17.3 Å². The van der Waals surface area contributed by atoms with Crippen LogP contribution in [0, 0.1) is 6.92 Å². The first-order valence-corrected chi connectivity index (χ1v) is 6.84. The Kier molecular flexibility index (Phi) is 3.25. The number of cyclic esters (lactones) is 1. The molecule has 2 aromatic rings. The summed E-state index contributed by atoms with van der Waals surface area (Å²) in [6.07, 6.45) is 0.686. The third kappa shape index (κ3) is 2.63. The van der Waals surface area contributed by atoms with Crippen molar-refractivity contribution >= 4 is 17.7 Å². The molecule has 6 heteroatoms. The van der Waals surface area contributed by atoms with Crippen LogP contribution in [0.1, 0.15) is 12.0 Å². The number of rotatable bonds is 3. The van der Waals surface area contributed by atoms with Crippen LogP contribution in [0.25, 0.3) is 11.5 Å². The number of aryl methyl sites for hydroxylation is 1. The van der Waals surface area contributed by atoms with Gasteiger partial charge in [-0.05, 0) is 30.8 Å². The Labute approximate surface area is 114 Å². The summed E-state index contributed by atoms with van der Waals surface area (Å²) < 4.78 is 10.4. The van der Waals surface area contributed by atoms with E-state index in [0.29, 0.717) is 24.1 Å². The van der Waals surface area contributed by atoms with Gasteiger partial charge in [-0.25, -0.2) is 0 Å². The van der Waals surface area contributed by atoms with E-state index in [-0.39, 0.29) is 11.2 Å². The molecule has 0 bridgehead atoms. The number of thioether (sulfide) groups is 1. The maximum absolute atomic E-state index is 11.4. The lowest BCUT2D eigenvalue weighted by Crippen LogP contribution is -2.09. The second-order valence-electron chi connectivity index (χ2n) is 4.30. The van der Waals surface area contributed by atoms with Crippen LogP contribution in [0.4, 0.5) is 0 Å². The van der Waals surface area contributed by atoms with Crippen LogP contribution in [0.2, 0.25) is 0 Å². The molecule has 0 spiro atoms. The van der Waals surface area contributed by atoms with Crippen LogP contribution in [-0.2, 0) is 9.53 Å².